The van der Waals surface area contributed by atoms with E-state index in [-0.39, 0.29) is 30.8 Å². The minimum absolute atomic E-state index is 0.0230. The molecule has 42 heavy (non-hydrogen) atoms. The fourth-order valence-corrected chi connectivity index (χ4v) is 9.40. The molecule has 1 N–H and O–H groups in total. The van der Waals surface area contributed by atoms with Gasteiger partial charge in [0.2, 0.25) is 14.3 Å². The number of nitrogens with zero attached hydrogens (tertiary/aromatic N) is 5. The lowest BCUT2D eigenvalue weighted by Gasteiger charge is -2.33. The molecule has 0 saturated carbocycles. The first kappa shape index (κ1) is 30.3. The van der Waals surface area contributed by atoms with Crippen molar-refractivity contribution in [2.45, 2.75) is 82.3 Å². The second kappa shape index (κ2) is 11.8. The van der Waals surface area contributed by atoms with Gasteiger partial charge in [-0.15, -0.1) is 5.10 Å². The quantitative estimate of drug-likeness (QED) is 0.129. The van der Waals surface area contributed by atoms with Crippen LogP contribution in [-0.4, -0.2) is 79.2 Å². The fourth-order valence-electron chi connectivity index (χ4n) is 6.86. The van der Waals surface area contributed by atoms with Gasteiger partial charge in [0, 0.05) is 74.4 Å². The largest absolute Gasteiger partial charge is 0.469 e. The maximum absolute atomic E-state index is 16.1. The maximum Gasteiger partial charge on any atom is 0.305 e. The molecule has 5 rings (SSSR count). The van der Waals surface area contributed by atoms with Gasteiger partial charge in [0.1, 0.15) is 0 Å². The Balaban J connectivity index is 1.47. The topological polar surface area (TPSA) is 127 Å². The summed E-state index contributed by atoms with van der Waals surface area (Å²) >= 11 is 0. The van der Waals surface area contributed by atoms with Gasteiger partial charge in [-0.05, 0) is 50.6 Å². The van der Waals surface area contributed by atoms with E-state index in [1.807, 2.05) is 25.1 Å². The molecule has 4 atom stereocenters. The SMILES string of the molecule is COC(=O)CCCCN1C(=O)[C@@]2(O[C@@H](CCn3cc(CCO)nn3)[C@H]([Si](C)(C)F)[C@H]2C)c2cc(N3CCC3=O)ccc21. The summed E-state index contributed by atoms with van der Waals surface area (Å²) in [6.45, 7) is 6.63. The van der Waals surface area contributed by atoms with Gasteiger partial charge in [0.05, 0.1) is 24.6 Å². The number of aliphatic hydroxyl groups excluding tert-OH is 1. The lowest BCUT2D eigenvalue weighted by molar-refractivity contribution is -0.146. The van der Waals surface area contributed by atoms with Crippen molar-refractivity contribution in [2.24, 2.45) is 5.92 Å². The highest BCUT2D eigenvalue weighted by atomic mass is 28.4. The van der Waals surface area contributed by atoms with Crippen molar-refractivity contribution in [2.75, 3.05) is 36.6 Å². The van der Waals surface area contributed by atoms with Crippen LogP contribution in [0, 0.1) is 5.92 Å². The number of carbonyl (C=O) groups excluding carboxylic acids is 3. The molecular formula is C29H40FN5O6Si. The molecule has 3 aliphatic rings. The van der Waals surface area contributed by atoms with Gasteiger partial charge in [-0.1, -0.05) is 12.1 Å². The molecule has 1 aromatic carbocycles. The van der Waals surface area contributed by atoms with Gasteiger partial charge in [-0.25, -0.2) is 0 Å². The van der Waals surface area contributed by atoms with Crippen LogP contribution in [0.15, 0.2) is 24.4 Å². The number of amides is 2. The number of ether oxygens (including phenoxy) is 2. The van der Waals surface area contributed by atoms with Crippen molar-refractivity contribution in [1.29, 1.82) is 0 Å². The van der Waals surface area contributed by atoms with E-state index in [9.17, 15) is 19.5 Å². The summed E-state index contributed by atoms with van der Waals surface area (Å²) in [6, 6.07) is 5.58. The molecule has 1 aromatic heterocycles. The average Bonchev–Trinajstić information content (AvgIpc) is 3.58. The number of halogens is 1. The molecule has 13 heteroatoms. The average molecular weight is 602 g/mol. The van der Waals surface area contributed by atoms with Crippen molar-refractivity contribution < 1.29 is 33.1 Å². The first-order valence-corrected chi connectivity index (χ1v) is 17.7. The summed E-state index contributed by atoms with van der Waals surface area (Å²) in [4.78, 5) is 41.8. The third kappa shape index (κ3) is 5.37. The van der Waals surface area contributed by atoms with Crippen molar-refractivity contribution in [1.82, 2.24) is 15.0 Å². The smallest absolute Gasteiger partial charge is 0.305 e. The molecule has 1 spiro atoms. The number of esters is 1. The van der Waals surface area contributed by atoms with E-state index in [1.54, 1.807) is 33.8 Å². The molecule has 11 nitrogen and oxygen atoms in total. The van der Waals surface area contributed by atoms with Crippen LogP contribution in [0.3, 0.4) is 0 Å². The maximum atomic E-state index is 16.1. The summed E-state index contributed by atoms with van der Waals surface area (Å²) in [5.74, 6) is -0.960. The molecule has 2 saturated heterocycles. The Bertz CT molecular complexity index is 1350. The number of anilines is 2. The lowest BCUT2D eigenvalue weighted by atomic mass is 9.82. The third-order valence-corrected chi connectivity index (χ3v) is 11.4. The van der Waals surface area contributed by atoms with Crippen molar-refractivity contribution in [3.8, 4) is 0 Å². The van der Waals surface area contributed by atoms with E-state index in [1.165, 1.54) is 7.11 Å². The van der Waals surface area contributed by atoms with Crippen LogP contribution >= 0.6 is 0 Å². The zero-order chi connectivity index (χ0) is 30.2. The van der Waals surface area contributed by atoms with E-state index in [4.69, 9.17) is 9.47 Å². The van der Waals surface area contributed by atoms with Gasteiger partial charge in [0.25, 0.3) is 5.91 Å². The second-order valence-electron chi connectivity index (χ2n) is 12.0. The predicted octanol–water partition coefficient (Wildman–Crippen LogP) is 3.10. The number of unbranched alkanes of at least 4 members (excludes halogenated alkanes) is 1. The molecule has 3 aliphatic heterocycles. The number of fused-ring (bicyclic) bond motifs is 2. The fraction of sp³-hybridized carbons (Fsp3) is 0.621. The first-order valence-electron chi connectivity index (χ1n) is 14.7. The summed E-state index contributed by atoms with van der Waals surface area (Å²) in [5.41, 5.74) is 0.880. The summed E-state index contributed by atoms with van der Waals surface area (Å²) in [5, 5.41) is 17.4. The van der Waals surface area contributed by atoms with Gasteiger partial charge >= 0.3 is 5.97 Å². The number of β-lactam (4-membered cyclic amide) rings is 1. The summed E-state index contributed by atoms with van der Waals surface area (Å²) in [6.07, 6.45) is 3.93. The molecule has 228 valence electrons. The lowest BCUT2D eigenvalue weighted by Crippen LogP contribution is -2.46. The van der Waals surface area contributed by atoms with Gasteiger partial charge in [-0.3, -0.25) is 19.1 Å². The van der Waals surface area contributed by atoms with E-state index >= 15 is 4.11 Å². The minimum Gasteiger partial charge on any atom is -0.469 e. The molecule has 2 fully saturated rings. The number of hydrogen-bond acceptors (Lipinski definition) is 8. The van der Waals surface area contributed by atoms with Crippen LogP contribution in [-0.2, 0) is 42.4 Å². The minimum atomic E-state index is -3.34. The van der Waals surface area contributed by atoms with Crippen LogP contribution in [0.25, 0.3) is 0 Å². The molecular weight excluding hydrogens is 561 g/mol. The molecule has 0 bridgehead atoms. The van der Waals surface area contributed by atoms with Crippen LogP contribution < -0.4 is 9.80 Å². The Morgan fingerprint density at radius 3 is 2.69 bits per heavy atom. The van der Waals surface area contributed by atoms with Crippen molar-refractivity contribution in [3.05, 3.63) is 35.7 Å². The predicted molar refractivity (Wildman–Crippen MR) is 155 cm³/mol. The monoisotopic (exact) mass is 601 g/mol. The second-order valence-corrected chi connectivity index (χ2v) is 15.8. The van der Waals surface area contributed by atoms with Crippen LogP contribution in [0.2, 0.25) is 18.6 Å². The molecule has 0 radical (unpaired) electrons. The number of hydrogen-bond donors (Lipinski definition) is 1. The first-order chi connectivity index (χ1) is 20.0. The number of aryl methyl sites for hydroxylation is 1. The van der Waals surface area contributed by atoms with Crippen LogP contribution in [0.4, 0.5) is 15.5 Å². The molecule has 2 aromatic rings. The van der Waals surface area contributed by atoms with Gasteiger partial charge in [0.15, 0.2) is 5.60 Å². The van der Waals surface area contributed by atoms with E-state index < -0.39 is 31.6 Å². The Hall–Kier alpha value is -3.16. The summed E-state index contributed by atoms with van der Waals surface area (Å²) < 4.78 is 29.3. The number of rotatable bonds is 12. The Morgan fingerprint density at radius 1 is 1.26 bits per heavy atom. The van der Waals surface area contributed by atoms with Gasteiger partial charge < -0.3 is 28.5 Å². The zero-order valence-corrected chi connectivity index (χ0v) is 25.7. The summed E-state index contributed by atoms with van der Waals surface area (Å²) in [7, 11) is -1.99. The number of benzene rings is 1. The normalized spacial score (nSPS) is 25.3. The molecule has 0 unspecified atom stereocenters. The van der Waals surface area contributed by atoms with Crippen molar-refractivity contribution >= 4 is 37.6 Å². The Labute approximate surface area is 246 Å². The highest BCUT2D eigenvalue weighted by Gasteiger charge is 2.66. The number of aromatic nitrogens is 3. The molecule has 4 heterocycles. The Kier molecular flexibility index (Phi) is 8.55. The number of carbonyl (C=O) groups is 3. The molecule has 2 amide bonds. The highest BCUT2D eigenvalue weighted by Crippen LogP contribution is 2.60. The van der Waals surface area contributed by atoms with E-state index in [0.717, 1.165) is 0 Å². The zero-order valence-electron chi connectivity index (χ0n) is 24.7. The van der Waals surface area contributed by atoms with Gasteiger partial charge in [-0.2, -0.15) is 0 Å². The number of aliphatic hydroxyl groups is 1. The van der Waals surface area contributed by atoms with Crippen molar-refractivity contribution in [3.63, 3.8) is 0 Å². The van der Waals surface area contributed by atoms with Crippen LogP contribution in [0.5, 0.6) is 0 Å². The number of methoxy groups -OCH3 is 1. The highest BCUT2D eigenvalue weighted by molar-refractivity contribution is 6.72. The molecule has 0 aliphatic carbocycles. The van der Waals surface area contributed by atoms with Crippen LogP contribution in [0.1, 0.15) is 50.3 Å². The third-order valence-electron chi connectivity index (χ3n) is 8.94. The van der Waals surface area contributed by atoms with E-state index in [2.05, 4.69) is 10.3 Å². The standard InChI is InChI=1S/C29H40FN5O6Si/c1-19-27(42(3,4)30)24(10-14-33-18-20(12-16-36)31-32-33)41-29(19)22-17-21(34-15-11-25(34)37)8-9-23(22)35(28(29)39)13-6-5-7-26(38)40-2/h8-9,17-19,24,27,36H,5-7,10-16H2,1-4H3/t19-,24+,27-,29+/m1/s1. The van der Waals surface area contributed by atoms with E-state index in [0.29, 0.717) is 74.4 Å². The Morgan fingerprint density at radius 2 is 2.05 bits per heavy atom.